The Balaban J connectivity index is 1.46. The molecule has 2 aromatic rings. The molecule has 0 saturated carbocycles. The van der Waals surface area contributed by atoms with Crippen LogP contribution in [0.3, 0.4) is 0 Å². The van der Waals surface area contributed by atoms with Crippen LogP contribution in [0, 0.1) is 0 Å². The summed E-state index contributed by atoms with van der Waals surface area (Å²) in [6.07, 6.45) is 3.41. The van der Waals surface area contributed by atoms with Gasteiger partial charge in [0, 0.05) is 44.1 Å². The molecular formula is C17H19N5O2. The molecule has 1 saturated heterocycles. The first-order valence-electron chi connectivity index (χ1n) is 7.87. The molecule has 1 aliphatic heterocycles. The van der Waals surface area contributed by atoms with Gasteiger partial charge >= 0.3 is 0 Å². The second-order valence-corrected chi connectivity index (χ2v) is 5.47. The van der Waals surface area contributed by atoms with Crippen molar-refractivity contribution in [3.8, 4) is 0 Å². The van der Waals surface area contributed by atoms with Crippen molar-refractivity contribution < 1.29 is 9.59 Å². The second-order valence-electron chi connectivity index (χ2n) is 5.47. The molecule has 1 aromatic carbocycles. The van der Waals surface area contributed by atoms with Gasteiger partial charge in [-0.2, -0.15) is 0 Å². The van der Waals surface area contributed by atoms with Crippen LogP contribution in [0.15, 0.2) is 48.8 Å². The highest BCUT2D eigenvalue weighted by Crippen LogP contribution is 2.09. The molecule has 0 bridgehead atoms. The fourth-order valence-electron chi connectivity index (χ4n) is 2.57. The smallest absolute Gasteiger partial charge is 0.251 e. The Morgan fingerprint density at radius 3 is 2.29 bits per heavy atom. The number of rotatable bonds is 4. The van der Waals surface area contributed by atoms with Gasteiger partial charge in [-0.05, 0) is 18.2 Å². The van der Waals surface area contributed by atoms with Crippen LogP contribution in [-0.4, -0.2) is 59.4 Å². The Morgan fingerprint density at radius 2 is 1.62 bits per heavy atom. The van der Waals surface area contributed by atoms with Crippen molar-refractivity contribution >= 4 is 17.8 Å². The molecule has 24 heavy (non-hydrogen) atoms. The van der Waals surface area contributed by atoms with E-state index >= 15 is 0 Å². The van der Waals surface area contributed by atoms with Crippen molar-refractivity contribution in [1.29, 1.82) is 0 Å². The molecule has 124 valence electrons. The number of nitrogens with zero attached hydrogens (tertiary/aromatic N) is 4. The number of nitrogens with one attached hydrogen (secondary N) is 1. The largest absolute Gasteiger partial charge is 0.343 e. The summed E-state index contributed by atoms with van der Waals surface area (Å²) in [6.45, 7) is 2.57. The molecule has 0 unspecified atom stereocenters. The van der Waals surface area contributed by atoms with Gasteiger partial charge in [0.25, 0.3) is 5.91 Å². The second kappa shape index (κ2) is 7.54. The number of carbonyl (C=O) groups is 2. The van der Waals surface area contributed by atoms with Crippen LogP contribution >= 0.6 is 0 Å². The highest BCUT2D eigenvalue weighted by molar-refractivity contribution is 5.96. The van der Waals surface area contributed by atoms with Gasteiger partial charge in [0.2, 0.25) is 11.9 Å². The Morgan fingerprint density at radius 1 is 0.958 bits per heavy atom. The lowest BCUT2D eigenvalue weighted by Crippen LogP contribution is -2.51. The van der Waals surface area contributed by atoms with Crippen molar-refractivity contribution in [2.24, 2.45) is 0 Å². The van der Waals surface area contributed by atoms with E-state index in [1.165, 1.54) is 0 Å². The predicted octanol–water partition coefficient (Wildman–Crippen LogP) is 0.555. The van der Waals surface area contributed by atoms with Crippen molar-refractivity contribution in [3.63, 3.8) is 0 Å². The first-order valence-corrected chi connectivity index (χ1v) is 7.87. The SMILES string of the molecule is O=C(NCC(=O)N1CCN(c2ncccn2)CC1)c1ccccc1. The zero-order valence-corrected chi connectivity index (χ0v) is 13.3. The summed E-state index contributed by atoms with van der Waals surface area (Å²) >= 11 is 0. The molecule has 0 atom stereocenters. The van der Waals surface area contributed by atoms with Crippen LogP contribution < -0.4 is 10.2 Å². The maximum absolute atomic E-state index is 12.2. The standard InChI is InChI=1S/C17H19N5O2/c23-15(13-20-16(24)14-5-2-1-3-6-14)21-9-11-22(12-10-21)17-18-7-4-8-19-17/h1-8H,9-13H2,(H,20,24). The molecule has 2 heterocycles. The topological polar surface area (TPSA) is 78.4 Å². The van der Waals surface area contributed by atoms with Gasteiger partial charge in [0.05, 0.1) is 6.54 Å². The van der Waals surface area contributed by atoms with Gasteiger partial charge in [0.15, 0.2) is 0 Å². The van der Waals surface area contributed by atoms with Gasteiger partial charge in [-0.25, -0.2) is 9.97 Å². The molecule has 7 nitrogen and oxygen atoms in total. The maximum Gasteiger partial charge on any atom is 0.251 e. The normalized spacial score (nSPS) is 14.3. The average Bonchev–Trinajstić information content (AvgIpc) is 2.67. The van der Waals surface area contributed by atoms with Gasteiger partial charge in [-0.1, -0.05) is 18.2 Å². The minimum absolute atomic E-state index is 0.00949. The Hall–Kier alpha value is -2.96. The Bertz CT molecular complexity index is 685. The van der Waals surface area contributed by atoms with E-state index in [0.717, 1.165) is 0 Å². The molecule has 0 aliphatic carbocycles. The maximum atomic E-state index is 12.2. The third-order valence-electron chi connectivity index (χ3n) is 3.90. The van der Waals surface area contributed by atoms with Crippen molar-refractivity contribution in [1.82, 2.24) is 20.2 Å². The summed E-state index contributed by atoms with van der Waals surface area (Å²) < 4.78 is 0. The van der Waals surface area contributed by atoms with Crippen LogP contribution in [0.25, 0.3) is 0 Å². The zero-order valence-electron chi connectivity index (χ0n) is 13.3. The lowest BCUT2D eigenvalue weighted by atomic mass is 10.2. The van der Waals surface area contributed by atoms with Crippen LogP contribution in [-0.2, 0) is 4.79 Å². The van der Waals surface area contributed by atoms with E-state index < -0.39 is 0 Å². The first kappa shape index (κ1) is 15.9. The molecule has 2 amide bonds. The number of hydrogen-bond acceptors (Lipinski definition) is 5. The zero-order chi connectivity index (χ0) is 16.8. The summed E-state index contributed by atoms with van der Waals surface area (Å²) in [5, 5.41) is 2.67. The van der Waals surface area contributed by atoms with E-state index in [1.54, 1.807) is 47.6 Å². The molecule has 0 radical (unpaired) electrons. The number of amides is 2. The van der Waals surface area contributed by atoms with Crippen LogP contribution in [0.4, 0.5) is 5.95 Å². The summed E-state index contributed by atoms with van der Waals surface area (Å²) in [6, 6.07) is 10.6. The highest BCUT2D eigenvalue weighted by atomic mass is 16.2. The lowest BCUT2D eigenvalue weighted by molar-refractivity contribution is -0.130. The van der Waals surface area contributed by atoms with Gasteiger partial charge in [0.1, 0.15) is 0 Å². The van der Waals surface area contributed by atoms with Gasteiger partial charge < -0.3 is 15.1 Å². The van der Waals surface area contributed by atoms with Crippen molar-refractivity contribution in [3.05, 3.63) is 54.4 Å². The minimum Gasteiger partial charge on any atom is -0.343 e. The minimum atomic E-state index is -0.236. The third-order valence-corrected chi connectivity index (χ3v) is 3.90. The number of carbonyl (C=O) groups excluding carboxylic acids is 2. The third kappa shape index (κ3) is 3.87. The van der Waals surface area contributed by atoms with E-state index in [4.69, 9.17) is 0 Å². The average molecular weight is 325 g/mol. The Kier molecular flexibility index (Phi) is 5.00. The summed E-state index contributed by atoms with van der Waals surface area (Å²) in [5.74, 6) is 0.371. The van der Waals surface area contributed by atoms with E-state index in [9.17, 15) is 9.59 Å². The number of anilines is 1. The van der Waals surface area contributed by atoms with Crippen LogP contribution in [0.2, 0.25) is 0 Å². The molecule has 3 rings (SSSR count). The van der Waals surface area contributed by atoms with Crippen LogP contribution in [0.1, 0.15) is 10.4 Å². The first-order chi connectivity index (χ1) is 11.7. The quantitative estimate of drug-likeness (QED) is 0.888. The molecule has 1 aromatic heterocycles. The molecule has 0 spiro atoms. The summed E-state index contributed by atoms with van der Waals surface area (Å²) in [5.41, 5.74) is 0.552. The molecular weight excluding hydrogens is 306 g/mol. The van der Waals surface area contributed by atoms with E-state index in [-0.39, 0.29) is 18.4 Å². The van der Waals surface area contributed by atoms with Gasteiger partial charge in [-0.15, -0.1) is 0 Å². The molecule has 7 heteroatoms. The highest BCUT2D eigenvalue weighted by Gasteiger charge is 2.22. The lowest BCUT2D eigenvalue weighted by Gasteiger charge is -2.34. The molecule has 1 fully saturated rings. The van der Waals surface area contributed by atoms with Gasteiger partial charge in [-0.3, -0.25) is 9.59 Å². The van der Waals surface area contributed by atoms with Crippen molar-refractivity contribution in [2.75, 3.05) is 37.6 Å². The van der Waals surface area contributed by atoms with E-state index in [2.05, 4.69) is 15.3 Å². The van der Waals surface area contributed by atoms with E-state index in [0.29, 0.717) is 37.7 Å². The Labute approximate surface area is 140 Å². The number of piperazine rings is 1. The van der Waals surface area contributed by atoms with E-state index in [1.807, 2.05) is 11.0 Å². The summed E-state index contributed by atoms with van der Waals surface area (Å²) in [7, 11) is 0. The fraction of sp³-hybridized carbons (Fsp3) is 0.294. The van der Waals surface area contributed by atoms with Crippen molar-refractivity contribution in [2.45, 2.75) is 0 Å². The summed E-state index contributed by atoms with van der Waals surface area (Å²) in [4.78, 5) is 36.4. The van der Waals surface area contributed by atoms with Crippen LogP contribution in [0.5, 0.6) is 0 Å². The molecule has 1 aliphatic rings. The predicted molar refractivity (Wildman–Crippen MR) is 89.6 cm³/mol. The number of aromatic nitrogens is 2. The number of hydrogen-bond donors (Lipinski definition) is 1. The fourth-order valence-corrected chi connectivity index (χ4v) is 2.57. The molecule has 1 N–H and O–H groups in total. The number of benzene rings is 1. The monoisotopic (exact) mass is 325 g/mol.